The van der Waals surface area contributed by atoms with E-state index in [4.69, 9.17) is 19.1 Å². The lowest BCUT2D eigenvalue weighted by Crippen LogP contribution is -2.29. The Balaban J connectivity index is 4.30. The van der Waals surface area contributed by atoms with Crippen LogP contribution in [0.4, 0.5) is 0 Å². The first-order valence-electron chi connectivity index (χ1n) is 21.7. The predicted molar refractivity (Wildman–Crippen MR) is 237 cm³/mol. The molecule has 330 valence electrons. The van der Waals surface area contributed by atoms with Crippen LogP contribution in [0.1, 0.15) is 149 Å². The molecular formula is C47H77O10P. The van der Waals surface area contributed by atoms with Crippen molar-refractivity contribution in [2.75, 3.05) is 26.4 Å². The van der Waals surface area contributed by atoms with Gasteiger partial charge in [0.25, 0.3) is 0 Å². The van der Waals surface area contributed by atoms with E-state index in [9.17, 15) is 24.2 Å². The number of phosphoric acid groups is 1. The molecule has 0 aliphatic heterocycles. The van der Waals surface area contributed by atoms with Crippen LogP contribution in [0.2, 0.25) is 0 Å². The number of unbranched alkanes of at least 4 members (excludes halogenated alkanes) is 12. The molecular weight excluding hydrogens is 755 g/mol. The highest BCUT2D eigenvalue weighted by Gasteiger charge is 2.27. The summed E-state index contributed by atoms with van der Waals surface area (Å²) in [5, 5.41) is 18.3. The van der Waals surface area contributed by atoms with Gasteiger partial charge >= 0.3 is 19.8 Å². The van der Waals surface area contributed by atoms with E-state index in [1.54, 1.807) is 0 Å². The van der Waals surface area contributed by atoms with Gasteiger partial charge in [0.15, 0.2) is 6.10 Å². The minimum absolute atomic E-state index is 0.131. The number of rotatable bonds is 39. The number of allylic oxidation sites excluding steroid dienone is 16. The zero-order valence-electron chi connectivity index (χ0n) is 35.7. The fourth-order valence-electron chi connectivity index (χ4n) is 5.29. The normalized spacial score (nSPS) is 14.8. The Bertz CT molecular complexity index is 1280. The van der Waals surface area contributed by atoms with Crippen molar-refractivity contribution >= 4 is 19.8 Å². The van der Waals surface area contributed by atoms with Gasteiger partial charge in [-0.25, -0.2) is 4.57 Å². The average Bonchev–Trinajstić information content (AvgIpc) is 3.21. The fourth-order valence-corrected chi connectivity index (χ4v) is 6.08. The number of aliphatic hydroxyl groups is 2. The Morgan fingerprint density at radius 3 is 1.57 bits per heavy atom. The van der Waals surface area contributed by atoms with Crippen LogP contribution < -0.4 is 0 Å². The molecule has 0 fully saturated rings. The SMILES string of the molecule is CC/C=C/C=C/C=C/C=C/CCCCCC(=O)OC(COC(=O)CCCCCCCCCCC/C=C/C/C=C/C/C=C/C/C=C/CC)COP(=O)(O)OC[C@H](O)CO. The van der Waals surface area contributed by atoms with Crippen LogP contribution in [0.3, 0.4) is 0 Å². The van der Waals surface area contributed by atoms with Crippen molar-refractivity contribution in [1.82, 2.24) is 0 Å². The maximum atomic E-state index is 12.6. The zero-order chi connectivity index (χ0) is 42.6. The van der Waals surface area contributed by atoms with Crippen LogP contribution in [-0.4, -0.2) is 65.7 Å². The lowest BCUT2D eigenvalue weighted by Gasteiger charge is -2.20. The summed E-state index contributed by atoms with van der Waals surface area (Å²) in [6.45, 7) is 2.05. The first-order chi connectivity index (χ1) is 28.2. The molecule has 0 spiro atoms. The van der Waals surface area contributed by atoms with E-state index in [1.165, 1.54) is 32.1 Å². The Hall–Kier alpha value is -3.11. The van der Waals surface area contributed by atoms with Crippen LogP contribution in [0, 0.1) is 0 Å². The zero-order valence-corrected chi connectivity index (χ0v) is 36.6. The third-order valence-electron chi connectivity index (χ3n) is 8.58. The van der Waals surface area contributed by atoms with Crippen LogP contribution in [0.15, 0.2) is 97.2 Å². The van der Waals surface area contributed by atoms with Crippen molar-refractivity contribution < 1.29 is 47.8 Å². The first-order valence-corrected chi connectivity index (χ1v) is 23.2. The molecule has 0 saturated heterocycles. The minimum atomic E-state index is -4.64. The fraction of sp³-hybridized carbons (Fsp3) is 0.617. The molecule has 0 bridgehead atoms. The summed E-state index contributed by atoms with van der Waals surface area (Å²) in [6, 6.07) is 0. The largest absolute Gasteiger partial charge is 0.472 e. The van der Waals surface area contributed by atoms with Crippen molar-refractivity contribution in [3.8, 4) is 0 Å². The van der Waals surface area contributed by atoms with E-state index in [-0.39, 0.29) is 19.4 Å². The third kappa shape index (κ3) is 41.1. The van der Waals surface area contributed by atoms with E-state index in [0.717, 1.165) is 77.0 Å². The van der Waals surface area contributed by atoms with Gasteiger partial charge in [-0.15, -0.1) is 0 Å². The van der Waals surface area contributed by atoms with Gasteiger partial charge in [-0.1, -0.05) is 162 Å². The van der Waals surface area contributed by atoms with Gasteiger partial charge in [-0.05, 0) is 70.6 Å². The quantitative estimate of drug-likeness (QED) is 0.0180. The van der Waals surface area contributed by atoms with Crippen molar-refractivity contribution in [3.63, 3.8) is 0 Å². The maximum absolute atomic E-state index is 12.6. The van der Waals surface area contributed by atoms with Crippen molar-refractivity contribution in [2.24, 2.45) is 0 Å². The number of hydrogen-bond acceptors (Lipinski definition) is 9. The number of aliphatic hydroxyl groups excluding tert-OH is 2. The number of carbonyl (C=O) groups is 2. The molecule has 3 atom stereocenters. The van der Waals surface area contributed by atoms with Crippen molar-refractivity contribution in [2.45, 2.75) is 161 Å². The monoisotopic (exact) mass is 833 g/mol. The third-order valence-corrected chi connectivity index (χ3v) is 9.53. The molecule has 10 nitrogen and oxygen atoms in total. The molecule has 0 heterocycles. The smallest absolute Gasteiger partial charge is 0.462 e. The minimum Gasteiger partial charge on any atom is -0.462 e. The standard InChI is InChI=1S/C47H77O10P/c1-3-5-7-9-11-13-15-17-18-19-20-21-22-23-24-25-27-28-30-32-34-36-38-46(50)54-42-45(43-56-58(52,53)55-41-44(49)40-48)57-47(51)39-37-35-33-31-29-26-16-14-12-10-8-6-4-2/h5-8,10-14,16-18,20-21,26,29,44-45,48-49H,3-4,9,15,19,22-25,27-28,30-43H2,1-2H3,(H,52,53)/b7-5+,8-6+,12-10+,13-11+,16-14+,18-17+,21-20+,29-26+/t44-,45?/m1/s1. The Kier molecular flexibility index (Phi) is 39.8. The highest BCUT2D eigenvalue weighted by atomic mass is 31.2. The van der Waals surface area contributed by atoms with Crippen LogP contribution in [0.5, 0.6) is 0 Å². The van der Waals surface area contributed by atoms with E-state index < -0.39 is 51.8 Å². The van der Waals surface area contributed by atoms with E-state index in [2.05, 4.69) is 79.1 Å². The summed E-state index contributed by atoms with van der Waals surface area (Å²) >= 11 is 0. The molecule has 0 saturated carbocycles. The molecule has 0 aliphatic rings. The van der Waals surface area contributed by atoms with Gasteiger partial charge in [0.2, 0.25) is 0 Å². The van der Waals surface area contributed by atoms with Gasteiger partial charge in [-0.2, -0.15) is 0 Å². The van der Waals surface area contributed by atoms with E-state index in [1.807, 2.05) is 36.5 Å². The number of hydrogen-bond donors (Lipinski definition) is 3. The summed E-state index contributed by atoms with van der Waals surface area (Å²) in [6.07, 6.45) is 50.9. The highest BCUT2D eigenvalue weighted by molar-refractivity contribution is 7.47. The van der Waals surface area contributed by atoms with Gasteiger partial charge in [0, 0.05) is 12.8 Å². The molecule has 0 aromatic rings. The topological polar surface area (TPSA) is 149 Å². The number of esters is 2. The summed E-state index contributed by atoms with van der Waals surface area (Å²) < 4.78 is 32.6. The molecule has 0 radical (unpaired) electrons. The van der Waals surface area contributed by atoms with E-state index >= 15 is 0 Å². The molecule has 0 aliphatic carbocycles. The molecule has 58 heavy (non-hydrogen) atoms. The van der Waals surface area contributed by atoms with Gasteiger partial charge < -0.3 is 24.6 Å². The number of phosphoric ester groups is 1. The Labute approximate surface area is 351 Å². The summed E-state index contributed by atoms with van der Waals surface area (Å²) in [4.78, 5) is 35.0. The second-order valence-corrected chi connectivity index (χ2v) is 15.5. The molecule has 2 unspecified atom stereocenters. The predicted octanol–water partition coefficient (Wildman–Crippen LogP) is 11.6. The number of ether oxygens (including phenoxy) is 2. The van der Waals surface area contributed by atoms with Crippen molar-refractivity contribution in [3.05, 3.63) is 97.2 Å². The van der Waals surface area contributed by atoms with Crippen LogP contribution in [0.25, 0.3) is 0 Å². The lowest BCUT2D eigenvalue weighted by molar-refractivity contribution is -0.161. The Morgan fingerprint density at radius 2 is 0.983 bits per heavy atom. The van der Waals surface area contributed by atoms with Crippen molar-refractivity contribution in [1.29, 1.82) is 0 Å². The molecule has 11 heteroatoms. The van der Waals surface area contributed by atoms with Gasteiger partial charge in [0.1, 0.15) is 12.7 Å². The molecule has 0 rings (SSSR count). The first kappa shape index (κ1) is 54.9. The molecule has 3 N–H and O–H groups in total. The second kappa shape index (κ2) is 42.0. The van der Waals surface area contributed by atoms with Gasteiger partial charge in [0.05, 0.1) is 19.8 Å². The summed E-state index contributed by atoms with van der Waals surface area (Å²) in [5.41, 5.74) is 0. The lowest BCUT2D eigenvalue weighted by atomic mass is 10.1. The summed E-state index contributed by atoms with van der Waals surface area (Å²) in [5.74, 6) is -0.988. The van der Waals surface area contributed by atoms with Gasteiger partial charge in [-0.3, -0.25) is 18.6 Å². The Morgan fingerprint density at radius 1 is 0.534 bits per heavy atom. The number of carbonyl (C=O) groups excluding carboxylic acids is 2. The maximum Gasteiger partial charge on any atom is 0.472 e. The van der Waals surface area contributed by atoms with Crippen LogP contribution in [-0.2, 0) is 32.7 Å². The highest BCUT2D eigenvalue weighted by Crippen LogP contribution is 2.43. The molecule has 0 aromatic heterocycles. The summed E-state index contributed by atoms with van der Waals surface area (Å²) in [7, 11) is -4.64. The second-order valence-electron chi connectivity index (χ2n) is 14.0. The molecule has 0 aromatic carbocycles. The average molecular weight is 833 g/mol. The van der Waals surface area contributed by atoms with E-state index in [0.29, 0.717) is 12.8 Å². The molecule has 0 amide bonds. The van der Waals surface area contributed by atoms with Crippen LogP contribution >= 0.6 is 7.82 Å².